The third kappa shape index (κ3) is 8.93. The molecule has 3 fully saturated rings. The molecule has 2 aromatic carbocycles. The van der Waals surface area contributed by atoms with Gasteiger partial charge in [0, 0.05) is 81.8 Å². The average molecular weight is 917 g/mol. The highest BCUT2D eigenvalue weighted by Crippen LogP contribution is 2.37. The summed E-state index contributed by atoms with van der Waals surface area (Å²) in [5.74, 6) is -5.38. The zero-order chi connectivity index (χ0) is 46.6. The van der Waals surface area contributed by atoms with Gasteiger partial charge in [0.2, 0.25) is 29.5 Å². The fraction of sp³-hybridized carbons (Fsp3) is 0.457. The number of piperidine rings is 1. The van der Waals surface area contributed by atoms with Crippen molar-refractivity contribution in [3.8, 4) is 17.1 Å². The number of pyridine rings is 1. The van der Waals surface area contributed by atoms with Crippen LogP contribution in [-0.2, 0) is 34.5 Å². The molecule has 0 radical (unpaired) electrons. The summed E-state index contributed by atoms with van der Waals surface area (Å²) in [5, 5.41) is 9.46. The van der Waals surface area contributed by atoms with Gasteiger partial charge in [-0.3, -0.25) is 39.7 Å². The maximum absolute atomic E-state index is 15.3. The Hall–Kier alpha value is -6.44. The second-order valence-electron chi connectivity index (χ2n) is 17.9. The minimum atomic E-state index is -4.74. The Labute approximate surface area is 376 Å². The van der Waals surface area contributed by atoms with E-state index in [2.05, 4.69) is 27.6 Å². The predicted molar refractivity (Wildman–Crippen MR) is 231 cm³/mol. The van der Waals surface area contributed by atoms with Gasteiger partial charge in [0.05, 0.1) is 46.9 Å². The number of hydrogen-bond acceptors (Lipinski definition) is 10. The van der Waals surface area contributed by atoms with Gasteiger partial charge in [0.25, 0.3) is 5.91 Å². The Morgan fingerprint density at radius 1 is 0.924 bits per heavy atom. The van der Waals surface area contributed by atoms with E-state index in [1.807, 2.05) is 10.6 Å². The van der Waals surface area contributed by atoms with Crippen LogP contribution >= 0.6 is 0 Å². The number of amides is 4. The van der Waals surface area contributed by atoms with E-state index in [1.54, 1.807) is 58.9 Å². The van der Waals surface area contributed by atoms with E-state index in [1.165, 1.54) is 0 Å². The SMILES string of the molecule is Cc1cc2cc(n1)-c1cnn(C)c1OCCC[C@@H](C)Cn1c(nc3ccc(CN4CCN(C(=O)[C@@H]5CCN(c6cc(F)c([C@H]7CCC(=O)NC7=O)c(F)c6)C5)[C@H](C(F)(F)F)C4)cc31)NC2=O. The molecule has 4 aliphatic rings. The van der Waals surface area contributed by atoms with E-state index in [-0.39, 0.29) is 63.6 Å². The normalized spacial score (nSPS) is 22.3. The van der Waals surface area contributed by atoms with Gasteiger partial charge in [-0.2, -0.15) is 18.3 Å². The fourth-order valence-electron chi connectivity index (χ4n) is 9.71. The number of piperazine rings is 1. The van der Waals surface area contributed by atoms with Gasteiger partial charge in [-0.25, -0.2) is 18.4 Å². The Morgan fingerprint density at radius 2 is 1.71 bits per heavy atom. The number of ether oxygens (including phenoxy) is 1. The summed E-state index contributed by atoms with van der Waals surface area (Å²) in [7, 11) is 1.78. The van der Waals surface area contributed by atoms with Crippen molar-refractivity contribution in [2.24, 2.45) is 18.9 Å². The highest BCUT2D eigenvalue weighted by Gasteiger charge is 2.50. The molecule has 3 aromatic heterocycles. The van der Waals surface area contributed by atoms with Crippen molar-refractivity contribution >= 4 is 46.3 Å². The first-order valence-corrected chi connectivity index (χ1v) is 22.1. The minimum absolute atomic E-state index is 0.0436. The van der Waals surface area contributed by atoms with Gasteiger partial charge in [0.1, 0.15) is 17.7 Å². The van der Waals surface area contributed by atoms with Gasteiger partial charge < -0.3 is 19.1 Å². The van der Waals surface area contributed by atoms with E-state index in [4.69, 9.17) is 9.72 Å². The number of halogens is 5. The minimum Gasteiger partial charge on any atom is -0.477 e. The number of hydrogen-bond donors (Lipinski definition) is 2. The predicted octanol–water partition coefficient (Wildman–Crippen LogP) is 6.10. The summed E-state index contributed by atoms with van der Waals surface area (Å²) in [6.45, 7) is 4.61. The van der Waals surface area contributed by atoms with Crippen molar-refractivity contribution in [2.45, 2.75) is 77.2 Å². The molecule has 4 aliphatic heterocycles. The van der Waals surface area contributed by atoms with Crippen LogP contribution in [0.15, 0.2) is 48.7 Å². The Kier molecular flexibility index (Phi) is 12.0. The lowest BCUT2D eigenvalue weighted by molar-refractivity contribution is -0.202. The van der Waals surface area contributed by atoms with Gasteiger partial charge in [-0.05, 0) is 80.5 Å². The van der Waals surface area contributed by atoms with E-state index < -0.39 is 71.4 Å². The number of imidazole rings is 1. The quantitative estimate of drug-likeness (QED) is 0.156. The number of nitrogens with one attached hydrogen (secondary N) is 2. The maximum atomic E-state index is 15.3. The van der Waals surface area contributed by atoms with E-state index in [9.17, 15) is 32.3 Å². The van der Waals surface area contributed by atoms with Gasteiger partial charge in [-0.15, -0.1) is 0 Å². The molecule has 20 heteroatoms. The molecule has 2 N–H and O–H groups in total. The van der Waals surface area contributed by atoms with Crippen molar-refractivity contribution in [3.05, 3.63) is 82.7 Å². The summed E-state index contributed by atoms with van der Waals surface area (Å²) in [6.07, 6.45) is -1.50. The number of carbonyl (C=O) groups is 4. The van der Waals surface area contributed by atoms with Crippen molar-refractivity contribution in [2.75, 3.05) is 49.5 Å². The van der Waals surface area contributed by atoms with Gasteiger partial charge in [-0.1, -0.05) is 13.0 Å². The molecule has 2 bridgehead atoms. The number of alkyl halides is 3. The Bertz CT molecular complexity index is 2710. The van der Waals surface area contributed by atoms with Gasteiger partial charge >= 0.3 is 6.18 Å². The van der Waals surface area contributed by atoms with Crippen molar-refractivity contribution in [1.29, 1.82) is 0 Å². The number of benzene rings is 2. The standard InChI is InChI=1S/C46H49F5N10O5/c1-25-5-4-14-66-44-32(20-52-57(44)3)36-17-29(15-26(2)53-36)41(63)56-45-54-35-8-6-27(16-37(35)61(45)21-25)22-58-12-13-60(38(24-58)46(49,50)51)43(65)28-10-11-59(23-28)30-18-33(47)40(34(48)19-30)31-7-9-39(62)55-42(31)64/h6,8,15-20,25,28,31,38H,4-5,7,9-14,21-24H2,1-3H3,(H,54,56,63)(H,55,62,64)/t25-,28-,31-,38+/m1/s1. The highest BCUT2D eigenvalue weighted by atomic mass is 19.4. The second-order valence-corrected chi connectivity index (χ2v) is 17.9. The summed E-state index contributed by atoms with van der Waals surface area (Å²) in [4.78, 5) is 65.2. The summed E-state index contributed by atoms with van der Waals surface area (Å²) in [5.41, 5.74) is 3.87. The van der Waals surface area contributed by atoms with Crippen LogP contribution in [0.5, 0.6) is 5.88 Å². The number of rotatable bonds is 5. The number of aryl methyl sites for hydroxylation is 2. The van der Waals surface area contributed by atoms with Crippen molar-refractivity contribution in [1.82, 2.24) is 39.4 Å². The number of nitrogens with zero attached hydrogens (tertiary/aromatic N) is 8. The lowest BCUT2D eigenvalue weighted by atomic mass is 9.89. The van der Waals surface area contributed by atoms with Crippen LogP contribution in [0.25, 0.3) is 22.3 Å². The Morgan fingerprint density at radius 3 is 2.47 bits per heavy atom. The van der Waals surface area contributed by atoms with E-state index in [0.29, 0.717) is 58.5 Å². The van der Waals surface area contributed by atoms with E-state index >= 15 is 8.78 Å². The maximum Gasteiger partial charge on any atom is 0.410 e. The second kappa shape index (κ2) is 17.7. The molecular formula is C46H49F5N10O5. The number of anilines is 2. The first-order chi connectivity index (χ1) is 31.5. The van der Waals surface area contributed by atoms with Crippen LogP contribution in [0.3, 0.4) is 0 Å². The average Bonchev–Trinajstić information content (AvgIpc) is 3.99. The Balaban J connectivity index is 0.902. The number of fused-ring (bicyclic) bond motifs is 7. The lowest BCUT2D eigenvalue weighted by Crippen LogP contribution is -2.61. The van der Waals surface area contributed by atoms with E-state index in [0.717, 1.165) is 35.4 Å². The zero-order valence-corrected chi connectivity index (χ0v) is 36.6. The van der Waals surface area contributed by atoms with Crippen molar-refractivity contribution < 1.29 is 45.9 Å². The first kappa shape index (κ1) is 44.7. The van der Waals surface area contributed by atoms with Gasteiger partial charge in [0.15, 0.2) is 0 Å². The summed E-state index contributed by atoms with van der Waals surface area (Å²) in [6, 6.07) is 8.87. The van der Waals surface area contributed by atoms with Crippen LogP contribution in [-0.4, -0.2) is 109 Å². The third-order valence-electron chi connectivity index (χ3n) is 13.1. The monoisotopic (exact) mass is 916 g/mol. The first-order valence-electron chi connectivity index (χ1n) is 22.1. The van der Waals surface area contributed by atoms with Crippen LogP contribution < -0.4 is 20.3 Å². The van der Waals surface area contributed by atoms with Crippen LogP contribution in [0.2, 0.25) is 0 Å². The molecule has 5 aromatic rings. The molecule has 0 saturated carbocycles. The largest absolute Gasteiger partial charge is 0.477 e. The topological polar surface area (TPSA) is 160 Å². The molecule has 0 spiro atoms. The molecule has 66 heavy (non-hydrogen) atoms. The zero-order valence-electron chi connectivity index (χ0n) is 36.6. The van der Waals surface area contributed by atoms with Crippen LogP contribution in [0.1, 0.15) is 72.1 Å². The molecule has 7 heterocycles. The lowest BCUT2D eigenvalue weighted by Gasteiger charge is -2.43. The number of aromatic nitrogens is 5. The molecule has 0 unspecified atom stereocenters. The van der Waals surface area contributed by atoms with Crippen LogP contribution in [0, 0.1) is 30.4 Å². The van der Waals surface area contributed by atoms with Crippen LogP contribution in [0.4, 0.5) is 33.6 Å². The molecule has 4 atom stereocenters. The summed E-state index contributed by atoms with van der Waals surface area (Å²) < 4.78 is 85.0. The molecule has 15 nitrogen and oxygen atoms in total. The molecule has 348 valence electrons. The molecule has 4 amide bonds. The number of imide groups is 1. The number of carbonyl (C=O) groups excluding carboxylic acids is 4. The highest BCUT2D eigenvalue weighted by molar-refractivity contribution is 6.05. The molecule has 9 rings (SSSR count). The third-order valence-corrected chi connectivity index (χ3v) is 13.1. The molecular weight excluding hydrogens is 868 g/mol. The summed E-state index contributed by atoms with van der Waals surface area (Å²) >= 11 is 0. The fourth-order valence-corrected chi connectivity index (χ4v) is 9.71. The molecule has 0 aliphatic carbocycles. The van der Waals surface area contributed by atoms with Crippen molar-refractivity contribution in [3.63, 3.8) is 0 Å². The molecule has 3 saturated heterocycles. The smallest absolute Gasteiger partial charge is 0.410 e.